The molecule has 1 N–H and O–H groups in total. The molecular weight excluding hydrogens is 513 g/mol. The van der Waals surface area contributed by atoms with Crippen molar-refractivity contribution in [1.82, 2.24) is 9.88 Å². The second-order valence-electron chi connectivity index (χ2n) is 8.10. The lowest BCUT2D eigenvalue weighted by atomic mass is 10.1. The van der Waals surface area contributed by atoms with Crippen LogP contribution in [0.5, 0.6) is 0 Å². The van der Waals surface area contributed by atoms with Gasteiger partial charge >= 0.3 is 12.1 Å². The number of ether oxygens (including phenoxy) is 1. The number of hydrogen-bond donors (Lipinski definition) is 1. The number of sulfone groups is 1. The molecule has 0 aliphatic carbocycles. The van der Waals surface area contributed by atoms with Crippen molar-refractivity contribution in [2.75, 3.05) is 12.9 Å². The fourth-order valence-electron chi connectivity index (χ4n) is 3.29. The van der Waals surface area contributed by atoms with Gasteiger partial charge in [0, 0.05) is 24.7 Å². The highest BCUT2D eigenvalue weighted by atomic mass is 32.2. The number of nitrogens with one attached hydrogen (secondary N) is 1. The van der Waals surface area contributed by atoms with Crippen LogP contribution in [0.4, 0.5) is 13.2 Å². The minimum Gasteiger partial charge on any atom is -0.462 e. The average Bonchev–Trinajstić information content (AvgIpc) is 2.85. The topological polar surface area (TPSA) is 112 Å². The minimum absolute atomic E-state index is 0.0620. The molecule has 0 aliphatic heterocycles. The molecule has 1 aromatic heterocycles. The molecule has 0 bridgehead atoms. The Balaban J connectivity index is 1.99. The summed E-state index contributed by atoms with van der Waals surface area (Å²) in [6.45, 7) is 1.74. The van der Waals surface area contributed by atoms with Crippen LogP contribution in [0.3, 0.4) is 0 Å². The number of benzene rings is 2. The number of aromatic nitrogens is 1. The molecule has 1 heterocycles. The number of pyridine rings is 1. The summed E-state index contributed by atoms with van der Waals surface area (Å²) < 4.78 is 68.8. The van der Waals surface area contributed by atoms with Gasteiger partial charge < -0.3 is 10.1 Å². The minimum atomic E-state index is -4.68. The molecule has 196 valence electrons. The van der Waals surface area contributed by atoms with Gasteiger partial charge in [-0.1, -0.05) is 25.1 Å². The number of alkyl halides is 3. The molecule has 0 unspecified atom stereocenters. The van der Waals surface area contributed by atoms with Gasteiger partial charge in [-0.25, -0.2) is 13.2 Å². The van der Waals surface area contributed by atoms with Crippen LogP contribution in [0.1, 0.15) is 45.2 Å². The second-order valence-corrected chi connectivity index (χ2v) is 10.1. The Morgan fingerprint density at radius 2 is 1.73 bits per heavy atom. The standard InChI is InChI=1S/C25H23F3N2O6S/c1-3-11-36-24(33)17-12-21(22(31)29-14-16-7-9-20(10-8-16)37(2,34)35)23(32)30(15-17)19-6-4-5-18(13-19)25(26,27)28/h4-10,12-13,15H,3,11,14H2,1-2H3,(H,29,31). The lowest BCUT2D eigenvalue weighted by molar-refractivity contribution is -0.137. The van der Waals surface area contributed by atoms with Gasteiger partial charge in [0.05, 0.1) is 22.6 Å². The normalized spacial score (nSPS) is 11.7. The first-order valence-corrected chi connectivity index (χ1v) is 12.9. The number of nitrogens with zero attached hydrogens (tertiary/aromatic N) is 1. The van der Waals surface area contributed by atoms with E-state index in [1.165, 1.54) is 30.3 Å². The zero-order valence-electron chi connectivity index (χ0n) is 19.8. The number of carbonyl (C=O) groups is 2. The zero-order chi connectivity index (χ0) is 27.4. The smallest absolute Gasteiger partial charge is 0.416 e. The van der Waals surface area contributed by atoms with Gasteiger partial charge in [-0.15, -0.1) is 0 Å². The summed E-state index contributed by atoms with van der Waals surface area (Å²) in [4.78, 5) is 38.6. The molecule has 37 heavy (non-hydrogen) atoms. The van der Waals surface area contributed by atoms with Crippen LogP contribution in [0.15, 0.2) is 70.5 Å². The van der Waals surface area contributed by atoms with Gasteiger partial charge in [0.2, 0.25) is 0 Å². The maximum absolute atomic E-state index is 13.2. The van der Waals surface area contributed by atoms with Gasteiger partial charge in [-0.2, -0.15) is 13.2 Å². The van der Waals surface area contributed by atoms with Crippen LogP contribution < -0.4 is 10.9 Å². The molecule has 0 radical (unpaired) electrons. The van der Waals surface area contributed by atoms with Crippen molar-refractivity contribution in [2.24, 2.45) is 0 Å². The van der Waals surface area contributed by atoms with E-state index in [2.05, 4.69) is 5.32 Å². The summed E-state index contributed by atoms with van der Waals surface area (Å²) >= 11 is 0. The molecule has 0 spiro atoms. The highest BCUT2D eigenvalue weighted by Crippen LogP contribution is 2.30. The maximum atomic E-state index is 13.2. The predicted octanol–water partition coefficient (Wildman–Crippen LogP) is 3.76. The van der Waals surface area contributed by atoms with Crippen LogP contribution in [-0.4, -0.2) is 37.7 Å². The molecule has 3 rings (SSSR count). The van der Waals surface area contributed by atoms with Crippen molar-refractivity contribution in [3.8, 4) is 5.69 Å². The second kappa shape index (κ2) is 11.0. The third kappa shape index (κ3) is 6.85. The Hall–Kier alpha value is -3.93. The van der Waals surface area contributed by atoms with Gasteiger partial charge in [0.15, 0.2) is 9.84 Å². The molecule has 0 fully saturated rings. The third-order valence-corrected chi connectivity index (χ3v) is 6.32. The number of rotatable bonds is 8. The van der Waals surface area contributed by atoms with Crippen LogP contribution in [0.25, 0.3) is 5.69 Å². The molecule has 3 aromatic rings. The van der Waals surface area contributed by atoms with Crippen LogP contribution in [0, 0.1) is 0 Å². The van der Waals surface area contributed by atoms with Crippen molar-refractivity contribution in [3.05, 3.63) is 93.4 Å². The van der Waals surface area contributed by atoms with Crippen molar-refractivity contribution >= 4 is 21.7 Å². The van der Waals surface area contributed by atoms with E-state index in [9.17, 15) is 36.0 Å². The number of amides is 1. The van der Waals surface area contributed by atoms with E-state index < -0.39 is 44.6 Å². The zero-order valence-corrected chi connectivity index (χ0v) is 20.7. The molecule has 0 aliphatic rings. The molecule has 1 amide bonds. The summed E-state index contributed by atoms with van der Waals surface area (Å²) in [5.74, 6) is -1.74. The fraction of sp³-hybridized carbons (Fsp3) is 0.240. The molecule has 8 nitrogen and oxygen atoms in total. The molecule has 0 saturated carbocycles. The average molecular weight is 537 g/mol. The van der Waals surface area contributed by atoms with Crippen LogP contribution in [0.2, 0.25) is 0 Å². The lowest BCUT2D eigenvalue weighted by Crippen LogP contribution is -2.33. The van der Waals surface area contributed by atoms with Gasteiger partial charge in [-0.05, 0) is 48.4 Å². The highest BCUT2D eigenvalue weighted by Gasteiger charge is 2.31. The van der Waals surface area contributed by atoms with E-state index in [1.807, 2.05) is 0 Å². The first kappa shape index (κ1) is 27.7. The third-order valence-electron chi connectivity index (χ3n) is 5.19. The number of carbonyl (C=O) groups excluding carboxylic acids is 2. The van der Waals surface area contributed by atoms with E-state index in [0.29, 0.717) is 12.0 Å². The monoisotopic (exact) mass is 536 g/mol. The summed E-state index contributed by atoms with van der Waals surface area (Å²) in [6.07, 6.45) is -2.09. The van der Waals surface area contributed by atoms with Gasteiger partial charge in [0.25, 0.3) is 11.5 Å². The SMILES string of the molecule is CCCOC(=O)c1cc(C(=O)NCc2ccc(S(C)(=O)=O)cc2)c(=O)n(-c2cccc(C(F)(F)F)c2)c1. The van der Waals surface area contributed by atoms with Crippen molar-refractivity contribution < 1.29 is 35.9 Å². The molecule has 12 heteroatoms. The molecule has 0 saturated heterocycles. The Bertz CT molecular complexity index is 1480. The van der Waals surface area contributed by atoms with E-state index >= 15 is 0 Å². The Morgan fingerprint density at radius 1 is 1.05 bits per heavy atom. The molecular formula is C25H23F3N2O6S. The van der Waals surface area contributed by atoms with Gasteiger partial charge in [-0.3, -0.25) is 14.2 Å². The number of hydrogen-bond acceptors (Lipinski definition) is 6. The van der Waals surface area contributed by atoms with E-state index in [-0.39, 0.29) is 29.3 Å². The van der Waals surface area contributed by atoms with Crippen molar-refractivity contribution in [3.63, 3.8) is 0 Å². The number of esters is 1. The first-order valence-electron chi connectivity index (χ1n) is 11.0. The lowest BCUT2D eigenvalue weighted by Gasteiger charge is -2.14. The summed E-state index contributed by atoms with van der Waals surface area (Å²) in [5, 5.41) is 2.50. The Labute approximate surface area is 210 Å². The maximum Gasteiger partial charge on any atom is 0.416 e. The Kier molecular flexibility index (Phi) is 8.22. The fourth-order valence-corrected chi connectivity index (χ4v) is 3.92. The molecule has 2 aromatic carbocycles. The van der Waals surface area contributed by atoms with E-state index in [0.717, 1.165) is 41.3 Å². The highest BCUT2D eigenvalue weighted by molar-refractivity contribution is 7.90. The summed E-state index contributed by atoms with van der Waals surface area (Å²) in [5.41, 5.74) is -2.33. The Morgan fingerprint density at radius 3 is 2.32 bits per heavy atom. The first-order chi connectivity index (χ1) is 17.3. The van der Waals surface area contributed by atoms with Crippen molar-refractivity contribution in [1.29, 1.82) is 0 Å². The van der Waals surface area contributed by atoms with Gasteiger partial charge in [0.1, 0.15) is 5.56 Å². The quantitative estimate of drug-likeness (QED) is 0.439. The largest absolute Gasteiger partial charge is 0.462 e. The van der Waals surface area contributed by atoms with E-state index in [1.54, 1.807) is 6.92 Å². The van der Waals surface area contributed by atoms with Crippen molar-refractivity contribution in [2.45, 2.75) is 31.0 Å². The predicted molar refractivity (Wildman–Crippen MR) is 128 cm³/mol. The van der Waals surface area contributed by atoms with Crippen LogP contribution >= 0.6 is 0 Å². The van der Waals surface area contributed by atoms with Crippen LogP contribution in [-0.2, 0) is 27.3 Å². The van der Waals surface area contributed by atoms with E-state index in [4.69, 9.17) is 4.74 Å². The number of halogens is 3. The summed E-state index contributed by atoms with van der Waals surface area (Å²) in [6, 6.07) is 10.6. The summed E-state index contributed by atoms with van der Waals surface area (Å²) in [7, 11) is -3.41. The molecule has 0 atom stereocenters.